The first-order chi connectivity index (χ1) is 12.3. The van der Waals surface area contributed by atoms with E-state index in [4.69, 9.17) is 10.5 Å². The van der Waals surface area contributed by atoms with Crippen molar-refractivity contribution >= 4 is 29.6 Å². The van der Waals surface area contributed by atoms with Gasteiger partial charge >= 0.3 is 11.9 Å². The van der Waals surface area contributed by atoms with Gasteiger partial charge in [-0.15, -0.1) is 0 Å². The summed E-state index contributed by atoms with van der Waals surface area (Å²) >= 11 is 1.19. The molecule has 0 unspecified atom stereocenters. The predicted molar refractivity (Wildman–Crippen MR) is 92.9 cm³/mol. The quantitative estimate of drug-likeness (QED) is 0.483. The monoisotopic (exact) mass is 384 g/mol. The minimum Gasteiger partial charge on any atom is -0.508 e. The summed E-state index contributed by atoms with van der Waals surface area (Å²) in [5, 5.41) is 22.5. The van der Waals surface area contributed by atoms with E-state index in [2.05, 4.69) is 10.1 Å². The summed E-state index contributed by atoms with van der Waals surface area (Å²) in [6.07, 6.45) is 0. The van der Waals surface area contributed by atoms with E-state index in [1.165, 1.54) is 25.8 Å². The number of phenolic OH excluding ortho intramolecular Hbond substituents is 2. The number of amides is 1. The van der Waals surface area contributed by atoms with Gasteiger partial charge in [-0.05, 0) is 6.92 Å². The first-order valence-electron chi connectivity index (χ1n) is 7.69. The highest BCUT2D eigenvalue weighted by atomic mass is 32.2. The van der Waals surface area contributed by atoms with Crippen molar-refractivity contribution in [2.75, 3.05) is 19.5 Å². The van der Waals surface area contributed by atoms with Gasteiger partial charge in [-0.1, -0.05) is 0 Å². The molecule has 26 heavy (non-hydrogen) atoms. The number of esters is 2. The number of thioether (sulfide) groups is 1. The number of nitrogens with one attached hydrogen (secondary N) is 1. The highest BCUT2D eigenvalue weighted by molar-refractivity contribution is 7.98. The average molecular weight is 384 g/mol. The van der Waals surface area contributed by atoms with Crippen LogP contribution in [0, 0.1) is 6.92 Å². The lowest BCUT2D eigenvalue weighted by molar-refractivity contribution is -0.144. The van der Waals surface area contributed by atoms with Crippen molar-refractivity contribution in [2.45, 2.75) is 24.8 Å². The van der Waals surface area contributed by atoms with Gasteiger partial charge in [-0.25, -0.2) is 9.59 Å². The molecule has 10 heteroatoms. The van der Waals surface area contributed by atoms with Crippen LogP contribution in [0.25, 0.3) is 0 Å². The molecule has 1 aliphatic heterocycles. The van der Waals surface area contributed by atoms with Crippen molar-refractivity contribution in [1.82, 2.24) is 5.32 Å². The van der Waals surface area contributed by atoms with Crippen LogP contribution < -0.4 is 11.1 Å². The second-order valence-corrected chi connectivity index (χ2v) is 6.73. The molecule has 0 saturated heterocycles. The highest BCUT2D eigenvalue weighted by Crippen LogP contribution is 2.35. The maximum atomic E-state index is 12.4. The van der Waals surface area contributed by atoms with Crippen LogP contribution in [0.5, 0.6) is 11.5 Å². The van der Waals surface area contributed by atoms with Crippen molar-refractivity contribution in [3.05, 3.63) is 22.8 Å². The Hall–Kier alpha value is -2.46. The van der Waals surface area contributed by atoms with E-state index >= 15 is 0 Å². The van der Waals surface area contributed by atoms with Gasteiger partial charge in [0.1, 0.15) is 30.2 Å². The van der Waals surface area contributed by atoms with Gasteiger partial charge in [-0.2, -0.15) is 11.8 Å². The number of carbonyl (C=O) groups is 3. The Bertz CT molecular complexity index is 738. The zero-order chi connectivity index (χ0) is 19.4. The Balaban J connectivity index is 2.41. The van der Waals surface area contributed by atoms with E-state index in [1.807, 2.05) is 0 Å². The number of phenols is 2. The molecule has 1 amide bonds. The van der Waals surface area contributed by atoms with E-state index < -0.39 is 36.5 Å². The van der Waals surface area contributed by atoms with Crippen LogP contribution in [0.1, 0.15) is 21.5 Å². The van der Waals surface area contributed by atoms with Gasteiger partial charge in [0, 0.05) is 28.7 Å². The fourth-order valence-corrected chi connectivity index (χ4v) is 3.48. The van der Waals surface area contributed by atoms with Gasteiger partial charge in [0.05, 0.1) is 12.7 Å². The molecule has 1 aromatic carbocycles. The molecule has 1 heterocycles. The number of carbonyl (C=O) groups excluding carboxylic acids is 3. The molecule has 5 N–H and O–H groups in total. The van der Waals surface area contributed by atoms with Crippen LogP contribution >= 0.6 is 11.8 Å². The van der Waals surface area contributed by atoms with Crippen molar-refractivity contribution < 1.29 is 34.1 Å². The molecule has 142 valence electrons. The molecule has 0 radical (unpaired) electrons. The zero-order valence-corrected chi connectivity index (χ0v) is 15.1. The van der Waals surface area contributed by atoms with Crippen LogP contribution in [0.4, 0.5) is 0 Å². The average Bonchev–Trinajstić information content (AvgIpc) is 2.60. The van der Waals surface area contributed by atoms with Gasteiger partial charge < -0.3 is 30.7 Å². The molecule has 0 fully saturated rings. The molecule has 2 atom stereocenters. The van der Waals surface area contributed by atoms with E-state index in [-0.39, 0.29) is 39.7 Å². The Labute approximate surface area is 153 Å². The third-order valence-electron chi connectivity index (χ3n) is 3.91. The maximum absolute atomic E-state index is 12.4. The lowest BCUT2D eigenvalue weighted by Gasteiger charge is -2.21. The van der Waals surface area contributed by atoms with Crippen LogP contribution in [-0.4, -0.2) is 59.6 Å². The van der Waals surface area contributed by atoms with Crippen LogP contribution in [0.15, 0.2) is 6.07 Å². The van der Waals surface area contributed by atoms with Crippen molar-refractivity contribution in [3.63, 3.8) is 0 Å². The number of methoxy groups -OCH3 is 1. The van der Waals surface area contributed by atoms with Crippen LogP contribution in [0.2, 0.25) is 0 Å². The number of benzene rings is 1. The minimum atomic E-state index is -1.19. The third-order valence-corrected chi connectivity index (χ3v) is 4.97. The number of hydrogen-bond acceptors (Lipinski definition) is 9. The fraction of sp³-hybridized carbons (Fsp3) is 0.438. The fourth-order valence-electron chi connectivity index (χ4n) is 2.41. The van der Waals surface area contributed by atoms with Gasteiger partial charge in [0.15, 0.2) is 0 Å². The standard InChI is InChI=1S/C16H20N2O7S/c1-7-11(19)3-12(20)8-5-26-6-10(15(22)24-2)18-14(21)9(17)4-25-16(23)13(7)8/h3,9-10,19-20H,4-6,17H2,1-2H3,(H,18,21)/t9-,10-/m0/s1. The molecule has 1 aliphatic rings. The number of fused-ring (bicyclic) bond motifs is 1. The minimum absolute atomic E-state index is 0.0119. The Morgan fingerprint density at radius 1 is 1.38 bits per heavy atom. The summed E-state index contributed by atoms with van der Waals surface area (Å²) in [5.74, 6) is -2.36. The molecule has 0 spiro atoms. The second kappa shape index (κ2) is 8.28. The first kappa shape index (κ1) is 19.9. The van der Waals surface area contributed by atoms with E-state index in [0.717, 1.165) is 6.07 Å². The molecule has 0 bridgehead atoms. The number of rotatable bonds is 1. The van der Waals surface area contributed by atoms with E-state index in [0.29, 0.717) is 0 Å². The summed E-state index contributed by atoms with van der Waals surface area (Å²) < 4.78 is 9.73. The summed E-state index contributed by atoms with van der Waals surface area (Å²) in [4.78, 5) is 36.3. The summed E-state index contributed by atoms with van der Waals surface area (Å²) in [6.45, 7) is 1.08. The smallest absolute Gasteiger partial charge is 0.339 e. The Morgan fingerprint density at radius 2 is 2.08 bits per heavy atom. The highest BCUT2D eigenvalue weighted by Gasteiger charge is 2.28. The van der Waals surface area contributed by atoms with Crippen molar-refractivity contribution in [1.29, 1.82) is 0 Å². The molecule has 2 rings (SSSR count). The van der Waals surface area contributed by atoms with Gasteiger partial charge in [0.25, 0.3) is 0 Å². The van der Waals surface area contributed by atoms with E-state index in [1.54, 1.807) is 0 Å². The Kier molecular flexibility index (Phi) is 6.32. The molecule has 0 aromatic heterocycles. The van der Waals surface area contributed by atoms with Crippen molar-refractivity contribution in [2.24, 2.45) is 5.73 Å². The molecule has 9 nitrogen and oxygen atoms in total. The number of ether oxygens (including phenoxy) is 2. The number of nitrogens with two attached hydrogens (primary N) is 1. The lowest BCUT2D eigenvalue weighted by Crippen LogP contribution is -2.51. The van der Waals surface area contributed by atoms with Crippen LogP contribution in [0.3, 0.4) is 0 Å². The Morgan fingerprint density at radius 3 is 2.73 bits per heavy atom. The SMILES string of the molecule is COC(=O)[C@@H]1CSCc2c(O)cc(O)c(C)c2C(=O)OC[C@H](N)C(=O)N1. The molecule has 1 aromatic rings. The molecular weight excluding hydrogens is 364 g/mol. The van der Waals surface area contributed by atoms with Gasteiger partial charge in [0.2, 0.25) is 5.91 Å². The normalized spacial score (nSPS) is 21.5. The zero-order valence-electron chi connectivity index (χ0n) is 14.3. The first-order valence-corrected chi connectivity index (χ1v) is 8.84. The summed E-state index contributed by atoms with van der Waals surface area (Å²) in [6, 6.07) is -0.994. The lowest BCUT2D eigenvalue weighted by atomic mass is 10.0. The third kappa shape index (κ3) is 4.20. The van der Waals surface area contributed by atoms with E-state index in [9.17, 15) is 24.6 Å². The van der Waals surface area contributed by atoms with Crippen LogP contribution in [-0.2, 0) is 24.8 Å². The number of aromatic hydroxyl groups is 2. The number of hydrogen-bond donors (Lipinski definition) is 4. The molecular formula is C16H20N2O7S. The van der Waals surface area contributed by atoms with Gasteiger partial charge in [-0.3, -0.25) is 4.79 Å². The van der Waals surface area contributed by atoms with Crippen molar-refractivity contribution in [3.8, 4) is 11.5 Å². The molecule has 0 saturated carbocycles. The summed E-state index contributed by atoms with van der Waals surface area (Å²) in [5.41, 5.74) is 6.21. The number of cyclic esters (lactones) is 1. The second-order valence-electron chi connectivity index (χ2n) is 5.70. The summed E-state index contributed by atoms with van der Waals surface area (Å²) in [7, 11) is 1.20. The largest absolute Gasteiger partial charge is 0.508 e. The molecule has 0 aliphatic carbocycles. The topological polar surface area (TPSA) is 148 Å². The predicted octanol–water partition coefficient (Wildman–Crippen LogP) is -0.205. The maximum Gasteiger partial charge on any atom is 0.339 e.